The Hall–Kier alpha value is -2.46. The average Bonchev–Trinajstić information content (AvgIpc) is 2.76. The number of hydrogen-bond donors (Lipinski definition) is 1. The average molecular weight is 495 g/mol. The lowest BCUT2D eigenvalue weighted by atomic mass is 10.0. The van der Waals surface area contributed by atoms with Gasteiger partial charge in [0.25, 0.3) is 5.91 Å². The summed E-state index contributed by atoms with van der Waals surface area (Å²) in [7, 11) is -3.83. The lowest BCUT2D eigenvalue weighted by molar-refractivity contribution is -0.123. The van der Waals surface area contributed by atoms with Crippen LogP contribution in [0.1, 0.15) is 34.0 Å². The van der Waals surface area contributed by atoms with Gasteiger partial charge in [0.05, 0.1) is 28.7 Å². The third kappa shape index (κ3) is 5.73. The number of nitrogens with one attached hydrogen (secondary N) is 1. The predicted octanol–water partition coefficient (Wildman–Crippen LogP) is 3.47. The number of carbonyl (C=O) groups is 2. The Balaban J connectivity index is 1.76. The van der Waals surface area contributed by atoms with E-state index in [0.29, 0.717) is 18.9 Å². The van der Waals surface area contributed by atoms with Crippen molar-refractivity contribution in [3.05, 3.63) is 57.6 Å². The van der Waals surface area contributed by atoms with Gasteiger partial charge in [0.2, 0.25) is 10.0 Å². The molecule has 0 bridgehead atoms. The fraction of sp³-hybridized carbons (Fsp3) is 0.391. The third-order valence-electron chi connectivity index (χ3n) is 5.34. The summed E-state index contributed by atoms with van der Waals surface area (Å²) in [5.74, 6) is -1.40. The number of hydrogen-bond acceptors (Lipinski definition) is 6. The number of aryl methyl sites for hydroxylation is 3. The largest absolute Gasteiger partial charge is 0.449 e. The second kappa shape index (κ2) is 10.2. The molecule has 2 aromatic carbocycles. The predicted molar refractivity (Wildman–Crippen MR) is 125 cm³/mol. The molecule has 8 nitrogen and oxygen atoms in total. The molecule has 33 heavy (non-hydrogen) atoms. The zero-order chi connectivity index (χ0) is 24.3. The first kappa shape index (κ1) is 25.2. The number of halogens is 1. The van der Waals surface area contributed by atoms with Crippen molar-refractivity contribution in [1.29, 1.82) is 0 Å². The van der Waals surface area contributed by atoms with Crippen molar-refractivity contribution < 1.29 is 27.5 Å². The van der Waals surface area contributed by atoms with Crippen LogP contribution in [0.25, 0.3) is 0 Å². The number of anilines is 1. The quantitative estimate of drug-likeness (QED) is 0.617. The maximum Gasteiger partial charge on any atom is 0.340 e. The highest BCUT2D eigenvalue weighted by Gasteiger charge is 2.29. The molecule has 1 aliphatic rings. The first-order valence-corrected chi connectivity index (χ1v) is 12.3. The van der Waals surface area contributed by atoms with E-state index < -0.39 is 28.0 Å². The minimum Gasteiger partial charge on any atom is -0.449 e. The molecular weight excluding hydrogens is 468 g/mol. The van der Waals surface area contributed by atoms with E-state index in [2.05, 4.69) is 5.32 Å². The molecule has 10 heteroatoms. The molecule has 0 radical (unpaired) electrons. The summed E-state index contributed by atoms with van der Waals surface area (Å²) in [6.45, 7) is 8.21. The number of nitrogens with zero attached hydrogens (tertiary/aromatic N) is 1. The molecule has 1 fully saturated rings. The lowest BCUT2D eigenvalue weighted by Crippen LogP contribution is -2.40. The molecule has 1 saturated heterocycles. The molecule has 1 atom stereocenters. The van der Waals surface area contributed by atoms with Crippen LogP contribution in [-0.4, -0.2) is 57.0 Å². The standard InChI is InChI=1S/C23H27ClN2O6S/c1-14-11-15(2)21(16(3)12-14)25-22(27)17(4)32-23(28)19-13-18(5-6-20(19)24)33(29,30)26-7-9-31-10-8-26/h5-6,11-13,17H,7-10H2,1-4H3,(H,25,27). The van der Waals surface area contributed by atoms with E-state index >= 15 is 0 Å². The molecule has 1 heterocycles. The molecule has 2 aromatic rings. The molecule has 0 aromatic heterocycles. The van der Waals surface area contributed by atoms with Crippen LogP contribution in [0.4, 0.5) is 5.69 Å². The minimum atomic E-state index is -3.83. The first-order chi connectivity index (χ1) is 15.5. The fourth-order valence-electron chi connectivity index (χ4n) is 3.64. The van der Waals surface area contributed by atoms with Crippen molar-refractivity contribution in [3.8, 4) is 0 Å². The van der Waals surface area contributed by atoms with Gasteiger partial charge in [-0.05, 0) is 57.0 Å². The molecule has 1 amide bonds. The number of amides is 1. The number of rotatable bonds is 6. The zero-order valence-corrected chi connectivity index (χ0v) is 20.5. The smallest absolute Gasteiger partial charge is 0.340 e. The highest BCUT2D eigenvalue weighted by molar-refractivity contribution is 7.89. The van der Waals surface area contributed by atoms with Crippen LogP contribution >= 0.6 is 11.6 Å². The summed E-state index contributed by atoms with van der Waals surface area (Å²) in [5.41, 5.74) is 3.38. The first-order valence-electron chi connectivity index (χ1n) is 10.5. The Morgan fingerprint density at radius 1 is 1.09 bits per heavy atom. The number of benzene rings is 2. The maximum absolute atomic E-state index is 12.9. The van der Waals surface area contributed by atoms with Crippen LogP contribution in [-0.2, 0) is 24.3 Å². The zero-order valence-electron chi connectivity index (χ0n) is 19.0. The summed E-state index contributed by atoms with van der Waals surface area (Å²) >= 11 is 6.15. The van der Waals surface area contributed by atoms with Crippen LogP contribution in [0.2, 0.25) is 5.02 Å². The molecule has 1 unspecified atom stereocenters. The molecule has 1 N–H and O–H groups in total. The third-order valence-corrected chi connectivity index (χ3v) is 7.57. The number of sulfonamides is 1. The van der Waals surface area contributed by atoms with E-state index in [1.165, 1.54) is 29.4 Å². The highest BCUT2D eigenvalue weighted by Crippen LogP contribution is 2.25. The van der Waals surface area contributed by atoms with Gasteiger partial charge in [-0.15, -0.1) is 0 Å². The van der Waals surface area contributed by atoms with Gasteiger partial charge in [-0.3, -0.25) is 4.79 Å². The Morgan fingerprint density at radius 3 is 2.30 bits per heavy atom. The van der Waals surface area contributed by atoms with Crippen molar-refractivity contribution in [2.24, 2.45) is 0 Å². The minimum absolute atomic E-state index is 0.0266. The second-order valence-corrected chi connectivity index (χ2v) is 10.3. The van der Waals surface area contributed by atoms with Crippen molar-refractivity contribution in [1.82, 2.24) is 4.31 Å². The van der Waals surface area contributed by atoms with Crippen molar-refractivity contribution in [2.45, 2.75) is 38.7 Å². The normalized spacial score (nSPS) is 15.7. The SMILES string of the molecule is Cc1cc(C)c(NC(=O)C(C)OC(=O)c2cc(S(=O)(=O)N3CCOCC3)ccc2Cl)c(C)c1. The molecule has 0 aliphatic carbocycles. The number of esters is 1. The van der Waals surface area contributed by atoms with Gasteiger partial charge >= 0.3 is 5.97 Å². The summed E-state index contributed by atoms with van der Waals surface area (Å²) < 4.78 is 37.6. The molecule has 1 aliphatic heterocycles. The van der Waals surface area contributed by atoms with Gasteiger partial charge in [-0.25, -0.2) is 13.2 Å². The van der Waals surface area contributed by atoms with Gasteiger partial charge in [-0.1, -0.05) is 29.3 Å². The molecule has 0 spiro atoms. The Bertz CT molecular complexity index is 1150. The van der Waals surface area contributed by atoms with E-state index in [-0.39, 0.29) is 28.6 Å². The summed E-state index contributed by atoms with van der Waals surface area (Å²) in [6, 6.07) is 7.73. The van der Waals surface area contributed by atoms with E-state index in [1.807, 2.05) is 32.9 Å². The molecule has 0 saturated carbocycles. The van der Waals surface area contributed by atoms with Gasteiger partial charge in [0.1, 0.15) is 0 Å². The van der Waals surface area contributed by atoms with Crippen LogP contribution in [0.3, 0.4) is 0 Å². The molecular formula is C23H27ClN2O6S. The lowest BCUT2D eigenvalue weighted by Gasteiger charge is -2.26. The molecule has 3 rings (SSSR count). The van der Waals surface area contributed by atoms with Crippen LogP contribution in [0.15, 0.2) is 35.2 Å². The number of morpholine rings is 1. The highest BCUT2D eigenvalue weighted by atomic mass is 35.5. The van der Waals surface area contributed by atoms with Gasteiger partial charge in [-0.2, -0.15) is 4.31 Å². The van der Waals surface area contributed by atoms with E-state index in [9.17, 15) is 18.0 Å². The van der Waals surface area contributed by atoms with Crippen molar-refractivity contribution in [2.75, 3.05) is 31.6 Å². The van der Waals surface area contributed by atoms with Gasteiger partial charge < -0.3 is 14.8 Å². The van der Waals surface area contributed by atoms with Crippen LogP contribution in [0.5, 0.6) is 0 Å². The van der Waals surface area contributed by atoms with Crippen molar-refractivity contribution in [3.63, 3.8) is 0 Å². The van der Waals surface area contributed by atoms with Gasteiger partial charge in [0, 0.05) is 18.8 Å². The topological polar surface area (TPSA) is 102 Å². The fourth-order valence-corrected chi connectivity index (χ4v) is 5.27. The molecule has 178 valence electrons. The Labute approximate surface area is 198 Å². The van der Waals surface area contributed by atoms with E-state index in [0.717, 1.165) is 16.7 Å². The summed E-state index contributed by atoms with van der Waals surface area (Å²) in [4.78, 5) is 25.3. The maximum atomic E-state index is 12.9. The van der Waals surface area contributed by atoms with Gasteiger partial charge in [0.15, 0.2) is 6.10 Å². The second-order valence-electron chi connectivity index (χ2n) is 7.97. The van der Waals surface area contributed by atoms with E-state index in [1.54, 1.807) is 0 Å². The Morgan fingerprint density at radius 2 is 1.70 bits per heavy atom. The van der Waals surface area contributed by atoms with E-state index in [4.69, 9.17) is 21.1 Å². The summed E-state index contributed by atoms with van der Waals surface area (Å²) in [6.07, 6.45) is -1.13. The van der Waals surface area contributed by atoms with Crippen LogP contribution in [0, 0.1) is 20.8 Å². The monoisotopic (exact) mass is 494 g/mol. The Kier molecular flexibility index (Phi) is 7.79. The summed E-state index contributed by atoms with van der Waals surface area (Å²) in [5, 5.41) is 2.82. The van der Waals surface area contributed by atoms with Crippen molar-refractivity contribution >= 4 is 39.2 Å². The number of carbonyl (C=O) groups excluding carboxylic acids is 2. The number of ether oxygens (including phenoxy) is 2. The van der Waals surface area contributed by atoms with Crippen LogP contribution < -0.4 is 5.32 Å².